The van der Waals surface area contributed by atoms with Crippen LogP contribution in [0.2, 0.25) is 0 Å². The van der Waals surface area contributed by atoms with E-state index in [1.807, 2.05) is 11.8 Å². The SMILES string of the molecule is CCSC(C)CCl. The molecule has 0 aromatic rings. The first-order chi connectivity index (χ1) is 3.31. The molecule has 0 aromatic carbocycles. The first kappa shape index (κ1) is 7.64. The van der Waals surface area contributed by atoms with Gasteiger partial charge in [0.15, 0.2) is 0 Å². The normalized spacial score (nSPS) is 14.1. The van der Waals surface area contributed by atoms with E-state index < -0.39 is 0 Å². The van der Waals surface area contributed by atoms with Crippen molar-refractivity contribution in [2.24, 2.45) is 0 Å². The molecule has 1 atom stereocenters. The Kier molecular flexibility index (Phi) is 5.23. The van der Waals surface area contributed by atoms with Crippen LogP contribution in [0.5, 0.6) is 0 Å². The molecule has 0 N–H and O–H groups in total. The Hall–Kier alpha value is 0.640. The molecule has 0 saturated carbocycles. The van der Waals surface area contributed by atoms with Gasteiger partial charge in [0.25, 0.3) is 0 Å². The van der Waals surface area contributed by atoms with Gasteiger partial charge in [-0.05, 0) is 5.75 Å². The van der Waals surface area contributed by atoms with Crippen LogP contribution in [-0.2, 0) is 0 Å². The van der Waals surface area contributed by atoms with Crippen molar-refractivity contribution in [1.29, 1.82) is 0 Å². The maximum absolute atomic E-state index is 5.51. The lowest BCUT2D eigenvalue weighted by atomic mass is 10.6. The highest BCUT2D eigenvalue weighted by Gasteiger charge is 1.94. The summed E-state index contributed by atoms with van der Waals surface area (Å²) < 4.78 is 0. The van der Waals surface area contributed by atoms with Crippen molar-refractivity contribution in [2.45, 2.75) is 19.1 Å². The Balaban J connectivity index is 2.83. The van der Waals surface area contributed by atoms with Crippen LogP contribution in [0.4, 0.5) is 0 Å². The zero-order valence-electron chi connectivity index (χ0n) is 4.78. The topological polar surface area (TPSA) is 0 Å². The fourth-order valence-corrected chi connectivity index (χ4v) is 1.25. The van der Waals surface area contributed by atoms with E-state index in [0.717, 1.165) is 5.88 Å². The fourth-order valence-electron chi connectivity index (χ4n) is 0.329. The van der Waals surface area contributed by atoms with Crippen LogP contribution < -0.4 is 0 Å². The van der Waals surface area contributed by atoms with E-state index in [1.165, 1.54) is 5.75 Å². The maximum Gasteiger partial charge on any atom is 0.0339 e. The van der Waals surface area contributed by atoms with Gasteiger partial charge in [-0.2, -0.15) is 11.8 Å². The summed E-state index contributed by atoms with van der Waals surface area (Å²) in [7, 11) is 0. The Morgan fingerprint density at radius 2 is 2.29 bits per heavy atom. The Morgan fingerprint density at radius 1 is 1.71 bits per heavy atom. The number of alkyl halides is 1. The summed E-state index contributed by atoms with van der Waals surface area (Å²) in [5.41, 5.74) is 0. The van der Waals surface area contributed by atoms with Gasteiger partial charge in [0, 0.05) is 11.1 Å². The van der Waals surface area contributed by atoms with Gasteiger partial charge in [0.05, 0.1) is 0 Å². The Labute approximate surface area is 54.6 Å². The van der Waals surface area contributed by atoms with Crippen LogP contribution in [0, 0.1) is 0 Å². The monoisotopic (exact) mass is 138 g/mol. The Bertz CT molecular complexity index is 39.1. The third kappa shape index (κ3) is 4.49. The van der Waals surface area contributed by atoms with Gasteiger partial charge in [-0.25, -0.2) is 0 Å². The molecule has 0 spiro atoms. The smallest absolute Gasteiger partial charge is 0.0339 e. The minimum absolute atomic E-state index is 0.631. The molecule has 0 aliphatic carbocycles. The summed E-state index contributed by atoms with van der Waals surface area (Å²) in [5, 5.41) is 0.631. The quantitative estimate of drug-likeness (QED) is 0.540. The molecular formula is C5H11ClS. The molecule has 7 heavy (non-hydrogen) atoms. The second kappa shape index (κ2) is 4.79. The average molecular weight is 139 g/mol. The summed E-state index contributed by atoms with van der Waals surface area (Å²) >= 11 is 7.41. The van der Waals surface area contributed by atoms with Gasteiger partial charge >= 0.3 is 0 Å². The second-order valence-corrected chi connectivity index (χ2v) is 3.44. The highest BCUT2D eigenvalue weighted by molar-refractivity contribution is 7.99. The molecule has 0 bridgehead atoms. The molecule has 0 radical (unpaired) electrons. The van der Waals surface area contributed by atoms with Crippen LogP contribution in [0.25, 0.3) is 0 Å². The van der Waals surface area contributed by atoms with Crippen LogP contribution >= 0.6 is 23.4 Å². The van der Waals surface area contributed by atoms with Crippen LogP contribution in [0.3, 0.4) is 0 Å². The molecule has 0 aliphatic heterocycles. The molecule has 0 rings (SSSR count). The third-order valence-corrected chi connectivity index (χ3v) is 2.38. The van der Waals surface area contributed by atoms with Gasteiger partial charge < -0.3 is 0 Å². The van der Waals surface area contributed by atoms with Gasteiger partial charge in [0.1, 0.15) is 0 Å². The van der Waals surface area contributed by atoms with E-state index in [-0.39, 0.29) is 0 Å². The molecule has 0 nitrogen and oxygen atoms in total. The van der Waals surface area contributed by atoms with E-state index >= 15 is 0 Å². The average Bonchev–Trinajstić information content (AvgIpc) is 1.68. The lowest BCUT2D eigenvalue weighted by Gasteiger charge is -2.01. The van der Waals surface area contributed by atoms with Crippen molar-refractivity contribution in [3.63, 3.8) is 0 Å². The van der Waals surface area contributed by atoms with Gasteiger partial charge in [0.2, 0.25) is 0 Å². The van der Waals surface area contributed by atoms with E-state index in [1.54, 1.807) is 0 Å². The second-order valence-electron chi connectivity index (χ2n) is 1.42. The zero-order valence-corrected chi connectivity index (χ0v) is 6.35. The number of rotatable bonds is 3. The van der Waals surface area contributed by atoms with Crippen molar-refractivity contribution in [1.82, 2.24) is 0 Å². The molecule has 44 valence electrons. The lowest BCUT2D eigenvalue weighted by Crippen LogP contribution is -1.96. The minimum atomic E-state index is 0.631. The number of thioether (sulfide) groups is 1. The molecule has 0 saturated heterocycles. The van der Waals surface area contributed by atoms with Crippen LogP contribution in [0.1, 0.15) is 13.8 Å². The summed E-state index contributed by atoms with van der Waals surface area (Å²) in [6.45, 7) is 4.29. The minimum Gasteiger partial charge on any atom is -0.158 e. The first-order valence-electron chi connectivity index (χ1n) is 2.48. The van der Waals surface area contributed by atoms with Crippen molar-refractivity contribution in [3.8, 4) is 0 Å². The molecule has 0 aromatic heterocycles. The number of hydrogen-bond acceptors (Lipinski definition) is 1. The molecule has 0 fully saturated rings. The van der Waals surface area contributed by atoms with Crippen molar-refractivity contribution >= 4 is 23.4 Å². The van der Waals surface area contributed by atoms with Crippen molar-refractivity contribution in [3.05, 3.63) is 0 Å². The Morgan fingerprint density at radius 3 is 2.43 bits per heavy atom. The molecular weight excluding hydrogens is 128 g/mol. The van der Waals surface area contributed by atoms with E-state index in [4.69, 9.17) is 11.6 Å². The van der Waals surface area contributed by atoms with Crippen molar-refractivity contribution < 1.29 is 0 Å². The maximum atomic E-state index is 5.51. The predicted molar refractivity (Wildman–Crippen MR) is 38.3 cm³/mol. The largest absolute Gasteiger partial charge is 0.158 e. The predicted octanol–water partition coefficient (Wildman–Crippen LogP) is 2.37. The molecule has 0 aliphatic rings. The number of hydrogen-bond donors (Lipinski definition) is 0. The fraction of sp³-hybridized carbons (Fsp3) is 1.00. The highest BCUT2D eigenvalue weighted by Crippen LogP contribution is 2.09. The lowest BCUT2D eigenvalue weighted by molar-refractivity contribution is 1.12. The van der Waals surface area contributed by atoms with Crippen LogP contribution in [0.15, 0.2) is 0 Å². The number of halogens is 1. The van der Waals surface area contributed by atoms with Gasteiger partial charge in [-0.3, -0.25) is 0 Å². The third-order valence-electron chi connectivity index (χ3n) is 0.668. The van der Waals surface area contributed by atoms with E-state index in [9.17, 15) is 0 Å². The molecule has 0 amide bonds. The summed E-state index contributed by atoms with van der Waals surface area (Å²) in [6, 6.07) is 0. The molecule has 1 unspecified atom stereocenters. The van der Waals surface area contributed by atoms with Crippen LogP contribution in [-0.4, -0.2) is 16.9 Å². The zero-order chi connectivity index (χ0) is 5.70. The standard InChI is InChI=1S/C5H11ClS/c1-3-7-5(2)4-6/h5H,3-4H2,1-2H3. The first-order valence-corrected chi connectivity index (χ1v) is 4.07. The summed E-state index contributed by atoms with van der Waals surface area (Å²) in [6.07, 6.45) is 0. The summed E-state index contributed by atoms with van der Waals surface area (Å²) in [4.78, 5) is 0. The van der Waals surface area contributed by atoms with E-state index in [2.05, 4.69) is 13.8 Å². The highest BCUT2D eigenvalue weighted by atomic mass is 35.5. The summed E-state index contributed by atoms with van der Waals surface area (Å²) in [5.74, 6) is 1.95. The van der Waals surface area contributed by atoms with Gasteiger partial charge in [-0.15, -0.1) is 11.6 Å². The van der Waals surface area contributed by atoms with E-state index in [0.29, 0.717) is 5.25 Å². The van der Waals surface area contributed by atoms with Crippen molar-refractivity contribution in [2.75, 3.05) is 11.6 Å². The molecule has 2 heteroatoms. The van der Waals surface area contributed by atoms with Gasteiger partial charge in [-0.1, -0.05) is 13.8 Å². The molecule has 0 heterocycles.